The first-order chi connectivity index (χ1) is 13.0. The van der Waals surface area contributed by atoms with Gasteiger partial charge in [0.1, 0.15) is 0 Å². The lowest BCUT2D eigenvalue weighted by atomic mass is 9.88. The van der Waals surface area contributed by atoms with E-state index in [2.05, 4.69) is 0 Å². The number of carbonyl (C=O) groups is 2. The molecule has 2 aromatic carbocycles. The van der Waals surface area contributed by atoms with Crippen LogP contribution < -0.4 is 14.4 Å². The molecule has 0 saturated heterocycles. The van der Waals surface area contributed by atoms with Crippen molar-refractivity contribution in [1.82, 2.24) is 0 Å². The molecule has 0 bridgehead atoms. The lowest BCUT2D eigenvalue weighted by Crippen LogP contribution is -2.42. The Morgan fingerprint density at radius 1 is 1.11 bits per heavy atom. The van der Waals surface area contributed by atoms with Crippen molar-refractivity contribution in [2.75, 3.05) is 25.7 Å². The van der Waals surface area contributed by atoms with Crippen LogP contribution in [-0.4, -0.2) is 37.6 Å². The summed E-state index contributed by atoms with van der Waals surface area (Å²) in [6.07, 6.45) is 0.415. The number of ketones is 1. The SMILES string of the molecule is CCCN1C(=O)[C@](O)(CC(=O)c2ccc(OC)c(OC)c2)c2ccccc21. The summed E-state index contributed by atoms with van der Waals surface area (Å²) >= 11 is 0. The van der Waals surface area contributed by atoms with E-state index in [4.69, 9.17) is 9.47 Å². The maximum atomic E-state index is 12.9. The van der Waals surface area contributed by atoms with E-state index >= 15 is 0 Å². The van der Waals surface area contributed by atoms with Crippen molar-refractivity contribution < 1.29 is 24.2 Å². The van der Waals surface area contributed by atoms with Gasteiger partial charge in [-0.3, -0.25) is 9.59 Å². The molecule has 0 unspecified atom stereocenters. The first-order valence-corrected chi connectivity index (χ1v) is 8.85. The van der Waals surface area contributed by atoms with Gasteiger partial charge in [-0.1, -0.05) is 25.1 Å². The number of benzene rings is 2. The summed E-state index contributed by atoms with van der Waals surface area (Å²) in [7, 11) is 3.00. The minimum Gasteiger partial charge on any atom is -0.493 e. The second-order valence-electron chi connectivity index (χ2n) is 6.50. The number of amides is 1. The van der Waals surface area contributed by atoms with Crippen LogP contribution in [0.15, 0.2) is 42.5 Å². The fourth-order valence-electron chi connectivity index (χ4n) is 3.47. The molecule has 0 aliphatic carbocycles. The monoisotopic (exact) mass is 369 g/mol. The Kier molecular flexibility index (Phi) is 5.19. The van der Waals surface area contributed by atoms with Crippen LogP contribution in [0.5, 0.6) is 11.5 Å². The third-order valence-electron chi connectivity index (χ3n) is 4.81. The van der Waals surface area contributed by atoms with E-state index in [-0.39, 0.29) is 12.2 Å². The molecule has 1 atom stereocenters. The Hall–Kier alpha value is -2.86. The highest BCUT2D eigenvalue weighted by molar-refractivity contribution is 6.10. The van der Waals surface area contributed by atoms with Gasteiger partial charge in [0.2, 0.25) is 0 Å². The van der Waals surface area contributed by atoms with Crippen molar-refractivity contribution >= 4 is 17.4 Å². The number of ether oxygens (including phenoxy) is 2. The number of hydrogen-bond acceptors (Lipinski definition) is 5. The van der Waals surface area contributed by atoms with Crippen molar-refractivity contribution in [3.63, 3.8) is 0 Å². The summed E-state index contributed by atoms with van der Waals surface area (Å²) in [5.41, 5.74) is -0.389. The first kappa shape index (κ1) is 18.9. The Bertz CT molecular complexity index is 879. The number of Topliss-reactive ketones (excluding diaryl/α,β-unsaturated/α-hetero) is 1. The third-order valence-corrected chi connectivity index (χ3v) is 4.81. The lowest BCUT2D eigenvalue weighted by Gasteiger charge is -2.22. The van der Waals surface area contributed by atoms with Gasteiger partial charge in [-0.2, -0.15) is 0 Å². The molecular weight excluding hydrogens is 346 g/mol. The summed E-state index contributed by atoms with van der Waals surface area (Å²) in [6.45, 7) is 2.45. The van der Waals surface area contributed by atoms with E-state index in [1.807, 2.05) is 13.0 Å². The van der Waals surface area contributed by atoms with Crippen molar-refractivity contribution in [3.05, 3.63) is 53.6 Å². The van der Waals surface area contributed by atoms with Crippen LogP contribution in [0.25, 0.3) is 0 Å². The highest BCUT2D eigenvalue weighted by Gasteiger charge is 2.50. The molecule has 6 nitrogen and oxygen atoms in total. The summed E-state index contributed by atoms with van der Waals surface area (Å²) < 4.78 is 10.4. The second kappa shape index (κ2) is 7.40. The fraction of sp³-hybridized carbons (Fsp3) is 0.333. The Balaban J connectivity index is 1.94. The molecule has 1 aliphatic rings. The van der Waals surface area contributed by atoms with Crippen LogP contribution in [0.3, 0.4) is 0 Å². The van der Waals surface area contributed by atoms with E-state index in [1.165, 1.54) is 14.2 Å². The first-order valence-electron chi connectivity index (χ1n) is 8.85. The molecule has 1 heterocycles. The van der Waals surface area contributed by atoms with E-state index in [0.29, 0.717) is 34.9 Å². The van der Waals surface area contributed by atoms with E-state index < -0.39 is 11.5 Å². The largest absolute Gasteiger partial charge is 0.493 e. The quantitative estimate of drug-likeness (QED) is 0.760. The predicted molar refractivity (Wildman–Crippen MR) is 101 cm³/mol. The minimum atomic E-state index is -1.87. The van der Waals surface area contributed by atoms with Crippen LogP contribution in [0.4, 0.5) is 5.69 Å². The van der Waals surface area contributed by atoms with Gasteiger partial charge in [0, 0.05) is 17.7 Å². The minimum absolute atomic E-state index is 0.335. The molecule has 1 N–H and O–H groups in total. The number of hydrogen-bond donors (Lipinski definition) is 1. The van der Waals surface area contributed by atoms with Crippen LogP contribution >= 0.6 is 0 Å². The third kappa shape index (κ3) is 3.17. The van der Waals surface area contributed by atoms with Crippen LogP contribution in [0.1, 0.15) is 35.7 Å². The Morgan fingerprint density at radius 3 is 2.48 bits per heavy atom. The molecule has 0 saturated carbocycles. The summed E-state index contributed by atoms with van der Waals surface area (Å²) in [5.74, 6) is 0.115. The number of methoxy groups -OCH3 is 2. The molecule has 0 aromatic heterocycles. The average Bonchev–Trinajstić information content (AvgIpc) is 2.89. The zero-order chi connectivity index (χ0) is 19.6. The molecular formula is C21H23NO5. The van der Waals surface area contributed by atoms with Gasteiger partial charge in [-0.05, 0) is 30.7 Å². The predicted octanol–water partition coefficient (Wildman–Crippen LogP) is 2.92. The number of fused-ring (bicyclic) bond motifs is 1. The second-order valence-corrected chi connectivity index (χ2v) is 6.50. The van der Waals surface area contributed by atoms with Crippen molar-refractivity contribution in [3.8, 4) is 11.5 Å². The lowest BCUT2D eigenvalue weighted by molar-refractivity contribution is -0.135. The van der Waals surface area contributed by atoms with Gasteiger partial charge in [0.05, 0.1) is 26.3 Å². The molecule has 142 valence electrons. The number of nitrogens with zero attached hydrogens (tertiary/aromatic N) is 1. The topological polar surface area (TPSA) is 76.1 Å². The highest BCUT2D eigenvalue weighted by Crippen LogP contribution is 2.43. The summed E-state index contributed by atoms with van der Waals surface area (Å²) in [6, 6.07) is 11.8. The molecule has 27 heavy (non-hydrogen) atoms. The average molecular weight is 369 g/mol. The van der Waals surface area contributed by atoms with E-state index in [0.717, 1.165) is 6.42 Å². The molecule has 0 fully saturated rings. The molecule has 0 radical (unpaired) electrons. The maximum absolute atomic E-state index is 12.9. The zero-order valence-corrected chi connectivity index (χ0v) is 15.7. The van der Waals surface area contributed by atoms with Crippen molar-refractivity contribution in [2.24, 2.45) is 0 Å². The van der Waals surface area contributed by atoms with E-state index in [1.54, 1.807) is 41.3 Å². The summed E-state index contributed by atoms with van der Waals surface area (Å²) in [4.78, 5) is 27.4. The summed E-state index contributed by atoms with van der Waals surface area (Å²) in [5, 5.41) is 11.2. The fourth-order valence-corrected chi connectivity index (χ4v) is 3.47. The van der Waals surface area contributed by atoms with Gasteiger partial charge >= 0.3 is 0 Å². The molecule has 2 aromatic rings. The Morgan fingerprint density at radius 2 is 1.81 bits per heavy atom. The van der Waals surface area contributed by atoms with Crippen LogP contribution in [0, 0.1) is 0 Å². The van der Waals surface area contributed by atoms with Crippen molar-refractivity contribution in [2.45, 2.75) is 25.4 Å². The molecule has 0 spiro atoms. The number of para-hydroxylation sites is 1. The van der Waals surface area contributed by atoms with Gasteiger partial charge in [-0.25, -0.2) is 0 Å². The van der Waals surface area contributed by atoms with Crippen LogP contribution in [0.2, 0.25) is 0 Å². The van der Waals surface area contributed by atoms with E-state index in [9.17, 15) is 14.7 Å². The van der Waals surface area contributed by atoms with Gasteiger partial charge in [-0.15, -0.1) is 0 Å². The van der Waals surface area contributed by atoms with Gasteiger partial charge in [0.15, 0.2) is 22.9 Å². The molecule has 3 rings (SSSR count). The number of anilines is 1. The van der Waals surface area contributed by atoms with Gasteiger partial charge in [0.25, 0.3) is 5.91 Å². The maximum Gasteiger partial charge on any atom is 0.264 e. The van der Waals surface area contributed by atoms with Crippen molar-refractivity contribution in [1.29, 1.82) is 0 Å². The number of rotatable bonds is 7. The molecule has 6 heteroatoms. The standard InChI is InChI=1S/C21H23NO5/c1-4-11-22-16-8-6-5-7-15(16)21(25,20(22)24)13-17(23)14-9-10-18(26-2)19(12-14)27-3/h5-10,12,25H,4,11,13H2,1-3H3/t21-/m0/s1. The molecule has 1 aliphatic heterocycles. The molecule has 1 amide bonds. The zero-order valence-electron chi connectivity index (χ0n) is 15.7. The normalized spacial score (nSPS) is 18.4. The highest BCUT2D eigenvalue weighted by atomic mass is 16.5. The Labute approximate surface area is 158 Å². The van der Waals surface area contributed by atoms with Crippen LogP contribution in [-0.2, 0) is 10.4 Å². The number of carbonyl (C=O) groups excluding carboxylic acids is 2. The van der Waals surface area contributed by atoms with Gasteiger partial charge < -0.3 is 19.5 Å². The number of aliphatic hydroxyl groups is 1. The smallest absolute Gasteiger partial charge is 0.264 e.